The molecule has 24 heavy (non-hydrogen) atoms. The zero-order chi connectivity index (χ0) is 17.1. The van der Waals surface area contributed by atoms with Crippen LogP contribution in [0.3, 0.4) is 0 Å². The Bertz CT molecular complexity index is 755. The molecule has 1 saturated heterocycles. The monoisotopic (exact) mass is 327 g/mol. The van der Waals surface area contributed by atoms with Crippen molar-refractivity contribution in [1.82, 2.24) is 19.7 Å². The maximum Gasteiger partial charge on any atom is 0.288 e. The quantitative estimate of drug-likeness (QED) is 0.909. The molecule has 7 heteroatoms. The van der Waals surface area contributed by atoms with Crippen LogP contribution in [0.25, 0.3) is 0 Å². The van der Waals surface area contributed by atoms with E-state index in [4.69, 9.17) is 5.73 Å². The third-order valence-electron chi connectivity index (χ3n) is 4.29. The number of amides is 2. The van der Waals surface area contributed by atoms with Crippen LogP contribution in [0.15, 0.2) is 30.6 Å². The lowest BCUT2D eigenvalue weighted by atomic mass is 10.0. The third-order valence-corrected chi connectivity index (χ3v) is 4.29. The minimum Gasteiger partial charge on any atom is -0.363 e. The lowest BCUT2D eigenvalue weighted by Crippen LogP contribution is -2.41. The van der Waals surface area contributed by atoms with Gasteiger partial charge in [0.05, 0.1) is 12.5 Å². The fourth-order valence-corrected chi connectivity index (χ4v) is 3.07. The number of primary amides is 1. The van der Waals surface area contributed by atoms with E-state index in [-0.39, 0.29) is 17.8 Å². The second kappa shape index (κ2) is 6.82. The maximum absolute atomic E-state index is 12.6. The molecule has 2 aromatic rings. The highest BCUT2D eigenvalue weighted by molar-refractivity contribution is 5.88. The fourth-order valence-electron chi connectivity index (χ4n) is 3.07. The Kier molecular flexibility index (Phi) is 4.59. The summed E-state index contributed by atoms with van der Waals surface area (Å²) >= 11 is 0. The van der Waals surface area contributed by atoms with Gasteiger partial charge in [-0.15, -0.1) is 5.10 Å². The highest BCUT2D eigenvalue weighted by Crippen LogP contribution is 2.21. The summed E-state index contributed by atoms with van der Waals surface area (Å²) in [5, 5.41) is 4.12. The van der Waals surface area contributed by atoms with Gasteiger partial charge in [0.25, 0.3) is 5.91 Å². The molecule has 3 rings (SSSR count). The minimum absolute atomic E-state index is 0.0122. The highest BCUT2D eigenvalue weighted by atomic mass is 16.2. The maximum atomic E-state index is 12.6. The molecule has 1 fully saturated rings. The van der Waals surface area contributed by atoms with E-state index in [1.54, 1.807) is 4.68 Å². The van der Waals surface area contributed by atoms with E-state index in [1.807, 2.05) is 36.1 Å². The lowest BCUT2D eigenvalue weighted by Gasteiger charge is -2.32. The van der Waals surface area contributed by atoms with Crippen molar-refractivity contribution in [3.05, 3.63) is 47.5 Å². The first-order chi connectivity index (χ1) is 11.5. The van der Waals surface area contributed by atoms with Gasteiger partial charge in [0.2, 0.25) is 11.7 Å². The summed E-state index contributed by atoms with van der Waals surface area (Å²) in [6.45, 7) is 3.34. The number of hydrogen-bond donors (Lipinski definition) is 1. The van der Waals surface area contributed by atoms with Gasteiger partial charge in [-0.1, -0.05) is 29.8 Å². The van der Waals surface area contributed by atoms with Crippen LogP contribution in [0.1, 0.15) is 40.6 Å². The topological polar surface area (TPSA) is 94.1 Å². The summed E-state index contributed by atoms with van der Waals surface area (Å²) < 4.78 is 1.65. The minimum atomic E-state index is -0.642. The molecule has 1 aliphatic heterocycles. The van der Waals surface area contributed by atoms with Crippen molar-refractivity contribution in [2.45, 2.75) is 32.2 Å². The van der Waals surface area contributed by atoms with Gasteiger partial charge in [-0.05, 0) is 25.3 Å². The Morgan fingerprint density at radius 1 is 1.38 bits per heavy atom. The predicted octanol–water partition coefficient (Wildman–Crippen LogP) is 1.09. The van der Waals surface area contributed by atoms with Crippen molar-refractivity contribution in [1.29, 1.82) is 0 Å². The van der Waals surface area contributed by atoms with Crippen molar-refractivity contribution in [2.24, 2.45) is 5.73 Å². The first-order valence-corrected chi connectivity index (χ1v) is 8.07. The molecule has 126 valence electrons. The number of rotatable bonds is 4. The Morgan fingerprint density at radius 3 is 2.92 bits per heavy atom. The molecule has 0 unspecified atom stereocenters. The molecule has 2 N–H and O–H groups in total. The SMILES string of the molecule is Cc1cccc(CC(=O)N2CCC[C@@H](n3cnc(C(N)=O)n3)C2)c1. The summed E-state index contributed by atoms with van der Waals surface area (Å²) in [5.74, 6) is -0.518. The zero-order valence-electron chi connectivity index (χ0n) is 13.7. The number of nitrogens with two attached hydrogens (primary N) is 1. The van der Waals surface area contributed by atoms with Gasteiger partial charge in [0.15, 0.2) is 0 Å². The molecular formula is C17H21N5O2. The third kappa shape index (κ3) is 3.61. The predicted molar refractivity (Wildman–Crippen MR) is 88.3 cm³/mol. The summed E-state index contributed by atoms with van der Waals surface area (Å²) in [6, 6.07) is 8.03. The van der Waals surface area contributed by atoms with Crippen LogP contribution in [0.2, 0.25) is 0 Å². The Labute approximate surface area is 140 Å². The number of benzene rings is 1. The molecular weight excluding hydrogens is 306 g/mol. The standard InChI is InChI=1S/C17H21N5O2/c1-12-4-2-5-13(8-12)9-15(23)21-7-3-6-14(10-21)22-11-19-17(20-22)16(18)24/h2,4-5,8,11,14H,3,6-7,9-10H2,1H3,(H2,18,24)/t14-/m1/s1. The Hall–Kier alpha value is -2.70. The second-order valence-electron chi connectivity index (χ2n) is 6.21. The first kappa shape index (κ1) is 16.2. The van der Waals surface area contributed by atoms with E-state index in [9.17, 15) is 9.59 Å². The summed E-state index contributed by atoms with van der Waals surface area (Å²) in [6.07, 6.45) is 3.71. The largest absolute Gasteiger partial charge is 0.363 e. The molecule has 1 aromatic carbocycles. The molecule has 1 aliphatic rings. The smallest absolute Gasteiger partial charge is 0.288 e. The number of likely N-dealkylation sites (tertiary alicyclic amines) is 1. The van der Waals surface area contributed by atoms with E-state index >= 15 is 0 Å². The Morgan fingerprint density at radius 2 is 2.21 bits per heavy atom. The number of carbonyl (C=O) groups is 2. The molecule has 7 nitrogen and oxygen atoms in total. The number of aromatic nitrogens is 3. The number of nitrogens with zero attached hydrogens (tertiary/aromatic N) is 4. The van der Waals surface area contributed by atoms with E-state index in [1.165, 1.54) is 6.33 Å². The Balaban J connectivity index is 1.66. The van der Waals surface area contributed by atoms with Crippen LogP contribution in [-0.4, -0.2) is 44.6 Å². The number of aryl methyl sites for hydroxylation is 1. The van der Waals surface area contributed by atoms with E-state index in [0.29, 0.717) is 13.0 Å². The summed E-state index contributed by atoms with van der Waals surface area (Å²) in [7, 11) is 0. The van der Waals surface area contributed by atoms with Gasteiger partial charge < -0.3 is 10.6 Å². The van der Waals surface area contributed by atoms with Crippen molar-refractivity contribution >= 4 is 11.8 Å². The number of hydrogen-bond acceptors (Lipinski definition) is 4. The van der Waals surface area contributed by atoms with Crippen molar-refractivity contribution < 1.29 is 9.59 Å². The lowest BCUT2D eigenvalue weighted by molar-refractivity contribution is -0.132. The average molecular weight is 327 g/mol. The van der Waals surface area contributed by atoms with Crippen LogP contribution < -0.4 is 5.73 Å². The van der Waals surface area contributed by atoms with Crippen LogP contribution in [0.5, 0.6) is 0 Å². The van der Waals surface area contributed by atoms with Gasteiger partial charge in [-0.3, -0.25) is 9.59 Å². The van der Waals surface area contributed by atoms with Crippen LogP contribution >= 0.6 is 0 Å². The molecule has 1 aromatic heterocycles. The van der Waals surface area contributed by atoms with Crippen molar-refractivity contribution in [3.63, 3.8) is 0 Å². The van der Waals surface area contributed by atoms with Gasteiger partial charge in [-0.2, -0.15) is 0 Å². The number of carbonyl (C=O) groups excluding carboxylic acids is 2. The summed E-state index contributed by atoms with van der Waals surface area (Å²) in [5.41, 5.74) is 7.37. The molecule has 2 heterocycles. The normalized spacial score (nSPS) is 17.7. The molecule has 2 amide bonds. The molecule has 1 atom stereocenters. The molecule has 0 bridgehead atoms. The molecule has 0 saturated carbocycles. The second-order valence-corrected chi connectivity index (χ2v) is 6.21. The van der Waals surface area contributed by atoms with Crippen LogP contribution in [-0.2, 0) is 11.2 Å². The molecule has 0 radical (unpaired) electrons. The fraction of sp³-hybridized carbons (Fsp3) is 0.412. The van der Waals surface area contributed by atoms with E-state index in [0.717, 1.165) is 30.5 Å². The molecule has 0 spiro atoms. The van der Waals surface area contributed by atoms with Crippen LogP contribution in [0, 0.1) is 6.92 Å². The van der Waals surface area contributed by atoms with Gasteiger partial charge in [0.1, 0.15) is 6.33 Å². The average Bonchev–Trinajstić information content (AvgIpc) is 3.05. The summed E-state index contributed by atoms with van der Waals surface area (Å²) in [4.78, 5) is 29.5. The molecule has 0 aliphatic carbocycles. The zero-order valence-corrected chi connectivity index (χ0v) is 13.7. The van der Waals surface area contributed by atoms with E-state index < -0.39 is 5.91 Å². The van der Waals surface area contributed by atoms with Gasteiger partial charge in [0, 0.05) is 13.1 Å². The van der Waals surface area contributed by atoms with Gasteiger partial charge in [-0.25, -0.2) is 9.67 Å². The van der Waals surface area contributed by atoms with Crippen molar-refractivity contribution in [2.75, 3.05) is 13.1 Å². The highest BCUT2D eigenvalue weighted by Gasteiger charge is 2.26. The first-order valence-electron chi connectivity index (χ1n) is 8.07. The van der Waals surface area contributed by atoms with E-state index in [2.05, 4.69) is 10.1 Å². The van der Waals surface area contributed by atoms with Gasteiger partial charge >= 0.3 is 0 Å². The van der Waals surface area contributed by atoms with Crippen molar-refractivity contribution in [3.8, 4) is 0 Å². The number of piperidine rings is 1. The van der Waals surface area contributed by atoms with Crippen LogP contribution in [0.4, 0.5) is 0 Å².